The summed E-state index contributed by atoms with van der Waals surface area (Å²) >= 11 is 1.85. The molecule has 0 unspecified atom stereocenters. The molecular formula is C15H20N2S. The third-order valence-corrected chi connectivity index (χ3v) is 5.48. The van der Waals surface area contributed by atoms with E-state index in [1.165, 1.54) is 48.2 Å². The highest BCUT2D eigenvalue weighted by atomic mass is 32.1. The van der Waals surface area contributed by atoms with Gasteiger partial charge in [0.05, 0.1) is 10.2 Å². The van der Waals surface area contributed by atoms with Gasteiger partial charge in [0.25, 0.3) is 0 Å². The molecule has 1 aliphatic rings. The fourth-order valence-electron chi connectivity index (χ4n) is 3.01. The molecule has 0 aliphatic heterocycles. The molecule has 1 aromatic heterocycles. The van der Waals surface area contributed by atoms with Crippen LogP contribution in [0.2, 0.25) is 0 Å². The van der Waals surface area contributed by atoms with Gasteiger partial charge in [-0.3, -0.25) is 0 Å². The van der Waals surface area contributed by atoms with Crippen LogP contribution in [0, 0.1) is 0 Å². The van der Waals surface area contributed by atoms with Crippen LogP contribution in [0.1, 0.15) is 43.5 Å². The average Bonchev–Trinajstić information content (AvgIpc) is 2.70. The highest BCUT2D eigenvalue weighted by Crippen LogP contribution is 2.40. The van der Waals surface area contributed by atoms with E-state index in [2.05, 4.69) is 24.3 Å². The number of rotatable bonds is 2. The lowest BCUT2D eigenvalue weighted by atomic mass is 9.81. The summed E-state index contributed by atoms with van der Waals surface area (Å²) in [7, 11) is 0. The van der Waals surface area contributed by atoms with Crippen LogP contribution in [-0.4, -0.2) is 11.5 Å². The predicted molar refractivity (Wildman–Crippen MR) is 78.1 cm³/mol. The standard InChI is InChI=1S/C15H20N2S/c16-11-15(9-5-1-2-6-10-15)14-17-12-7-3-4-8-13(12)18-14/h3-4,7-8H,1-2,5-6,9-11,16H2. The van der Waals surface area contributed by atoms with Crippen molar-refractivity contribution in [3.05, 3.63) is 29.3 Å². The van der Waals surface area contributed by atoms with Crippen LogP contribution in [0.25, 0.3) is 10.2 Å². The second-order valence-electron chi connectivity index (χ2n) is 5.39. The average molecular weight is 260 g/mol. The van der Waals surface area contributed by atoms with Crippen molar-refractivity contribution in [2.45, 2.75) is 43.9 Å². The highest BCUT2D eigenvalue weighted by Gasteiger charge is 2.34. The van der Waals surface area contributed by atoms with Crippen molar-refractivity contribution >= 4 is 21.6 Å². The summed E-state index contributed by atoms with van der Waals surface area (Å²) in [6.45, 7) is 0.743. The Bertz CT molecular complexity index is 491. The quantitative estimate of drug-likeness (QED) is 0.833. The molecule has 2 N–H and O–H groups in total. The van der Waals surface area contributed by atoms with Crippen molar-refractivity contribution in [1.29, 1.82) is 0 Å². The Hall–Kier alpha value is -0.930. The number of hydrogen-bond acceptors (Lipinski definition) is 3. The van der Waals surface area contributed by atoms with E-state index in [4.69, 9.17) is 10.7 Å². The number of aromatic nitrogens is 1. The van der Waals surface area contributed by atoms with Crippen molar-refractivity contribution < 1.29 is 0 Å². The summed E-state index contributed by atoms with van der Waals surface area (Å²) in [5.41, 5.74) is 7.42. The van der Waals surface area contributed by atoms with E-state index in [0.717, 1.165) is 12.1 Å². The third-order valence-electron chi connectivity index (χ3n) is 4.20. The Morgan fingerprint density at radius 1 is 1.11 bits per heavy atom. The number of hydrogen-bond donors (Lipinski definition) is 1. The van der Waals surface area contributed by atoms with Crippen LogP contribution in [0.5, 0.6) is 0 Å². The van der Waals surface area contributed by atoms with Crippen molar-refractivity contribution in [2.24, 2.45) is 5.73 Å². The Labute approximate surface area is 112 Å². The van der Waals surface area contributed by atoms with Gasteiger partial charge in [-0.05, 0) is 25.0 Å². The molecule has 2 aromatic rings. The molecular weight excluding hydrogens is 240 g/mol. The normalized spacial score (nSPS) is 19.8. The number of nitrogens with zero attached hydrogens (tertiary/aromatic N) is 1. The van der Waals surface area contributed by atoms with E-state index < -0.39 is 0 Å². The Morgan fingerprint density at radius 3 is 2.50 bits per heavy atom. The van der Waals surface area contributed by atoms with Gasteiger partial charge in [0, 0.05) is 12.0 Å². The first-order valence-corrected chi connectivity index (χ1v) is 7.72. The topological polar surface area (TPSA) is 38.9 Å². The molecule has 1 aliphatic carbocycles. The van der Waals surface area contributed by atoms with E-state index in [0.29, 0.717) is 0 Å². The van der Waals surface area contributed by atoms with Gasteiger partial charge in [0.2, 0.25) is 0 Å². The predicted octanol–water partition coefficient (Wildman–Crippen LogP) is 3.85. The van der Waals surface area contributed by atoms with Crippen LogP contribution in [0.3, 0.4) is 0 Å². The number of fused-ring (bicyclic) bond motifs is 1. The largest absolute Gasteiger partial charge is 0.329 e. The maximum atomic E-state index is 6.13. The van der Waals surface area contributed by atoms with E-state index in [9.17, 15) is 0 Å². The van der Waals surface area contributed by atoms with E-state index in [1.807, 2.05) is 11.3 Å². The first-order valence-electron chi connectivity index (χ1n) is 6.90. The molecule has 1 aromatic carbocycles. The summed E-state index contributed by atoms with van der Waals surface area (Å²) in [6, 6.07) is 8.42. The van der Waals surface area contributed by atoms with Crippen LogP contribution >= 0.6 is 11.3 Å². The van der Waals surface area contributed by atoms with Crippen LogP contribution < -0.4 is 5.73 Å². The van der Waals surface area contributed by atoms with Gasteiger partial charge < -0.3 is 5.73 Å². The molecule has 3 heteroatoms. The summed E-state index contributed by atoms with van der Waals surface area (Å²) in [5.74, 6) is 0. The highest BCUT2D eigenvalue weighted by molar-refractivity contribution is 7.18. The smallest absolute Gasteiger partial charge is 0.101 e. The van der Waals surface area contributed by atoms with Gasteiger partial charge in [-0.2, -0.15) is 0 Å². The molecule has 0 spiro atoms. The van der Waals surface area contributed by atoms with Gasteiger partial charge in [0.1, 0.15) is 5.01 Å². The van der Waals surface area contributed by atoms with Crippen molar-refractivity contribution in [3.63, 3.8) is 0 Å². The Kier molecular flexibility index (Phi) is 3.35. The zero-order valence-corrected chi connectivity index (χ0v) is 11.5. The first-order chi connectivity index (χ1) is 8.84. The minimum Gasteiger partial charge on any atom is -0.329 e. The number of benzene rings is 1. The van der Waals surface area contributed by atoms with Crippen molar-refractivity contribution in [1.82, 2.24) is 4.98 Å². The summed E-state index contributed by atoms with van der Waals surface area (Å²) in [6.07, 6.45) is 7.73. The molecule has 3 rings (SSSR count). The lowest BCUT2D eigenvalue weighted by Gasteiger charge is -2.28. The molecule has 0 saturated heterocycles. The zero-order valence-electron chi connectivity index (χ0n) is 10.7. The molecule has 1 heterocycles. The van der Waals surface area contributed by atoms with E-state index in [-0.39, 0.29) is 5.41 Å². The van der Waals surface area contributed by atoms with E-state index in [1.54, 1.807) is 0 Å². The van der Waals surface area contributed by atoms with E-state index >= 15 is 0 Å². The molecule has 1 fully saturated rings. The number of thiazole rings is 1. The molecule has 96 valence electrons. The number of para-hydroxylation sites is 1. The van der Waals surface area contributed by atoms with Gasteiger partial charge in [0.15, 0.2) is 0 Å². The fraction of sp³-hybridized carbons (Fsp3) is 0.533. The summed E-state index contributed by atoms with van der Waals surface area (Å²) in [4.78, 5) is 4.86. The maximum Gasteiger partial charge on any atom is 0.101 e. The van der Waals surface area contributed by atoms with Crippen molar-refractivity contribution in [3.8, 4) is 0 Å². The first kappa shape index (κ1) is 12.1. The minimum atomic E-state index is 0.153. The minimum absolute atomic E-state index is 0.153. The van der Waals surface area contributed by atoms with Crippen LogP contribution in [-0.2, 0) is 5.41 Å². The molecule has 2 nitrogen and oxygen atoms in total. The summed E-state index contributed by atoms with van der Waals surface area (Å²) in [5, 5.41) is 1.27. The molecule has 1 saturated carbocycles. The van der Waals surface area contributed by atoms with Gasteiger partial charge in [-0.1, -0.05) is 37.8 Å². The second-order valence-corrected chi connectivity index (χ2v) is 6.42. The molecule has 0 amide bonds. The SMILES string of the molecule is NCC1(c2nc3ccccc3s2)CCCCCC1. The van der Waals surface area contributed by atoms with Crippen LogP contribution in [0.4, 0.5) is 0 Å². The molecule has 0 radical (unpaired) electrons. The third kappa shape index (κ3) is 2.06. The van der Waals surface area contributed by atoms with Gasteiger partial charge in [-0.25, -0.2) is 4.98 Å². The van der Waals surface area contributed by atoms with Gasteiger partial charge in [-0.15, -0.1) is 11.3 Å². The number of nitrogens with two attached hydrogens (primary N) is 1. The fourth-order valence-corrected chi connectivity index (χ4v) is 4.23. The van der Waals surface area contributed by atoms with Crippen molar-refractivity contribution in [2.75, 3.05) is 6.54 Å². The molecule has 0 bridgehead atoms. The Balaban J connectivity index is 2.03. The summed E-state index contributed by atoms with van der Waals surface area (Å²) < 4.78 is 1.30. The maximum absolute atomic E-state index is 6.13. The molecule has 0 atom stereocenters. The van der Waals surface area contributed by atoms with Gasteiger partial charge >= 0.3 is 0 Å². The van der Waals surface area contributed by atoms with Crippen LogP contribution in [0.15, 0.2) is 24.3 Å². The molecule has 18 heavy (non-hydrogen) atoms. The second kappa shape index (κ2) is 4.98. The monoisotopic (exact) mass is 260 g/mol. The zero-order chi connectivity index (χ0) is 12.4. The Morgan fingerprint density at radius 2 is 1.83 bits per heavy atom. The lowest BCUT2D eigenvalue weighted by Crippen LogP contribution is -2.34. The lowest BCUT2D eigenvalue weighted by molar-refractivity contribution is 0.380.